The van der Waals surface area contributed by atoms with E-state index in [2.05, 4.69) is 26.8 Å². The summed E-state index contributed by atoms with van der Waals surface area (Å²) >= 11 is 0. The van der Waals surface area contributed by atoms with Gasteiger partial charge in [0.25, 0.3) is 0 Å². The molecule has 0 aromatic carbocycles. The van der Waals surface area contributed by atoms with E-state index in [-0.39, 0.29) is 29.3 Å². The van der Waals surface area contributed by atoms with Crippen LogP contribution >= 0.6 is 0 Å². The third-order valence-corrected chi connectivity index (χ3v) is 4.92. The Bertz CT molecular complexity index is 459. The summed E-state index contributed by atoms with van der Waals surface area (Å²) in [6, 6.07) is 0. The minimum Gasteiger partial charge on any atom is -0.510 e. The predicted molar refractivity (Wildman–Crippen MR) is 75.6 cm³/mol. The standard InChI is InChI=1S/C16H24O4/c1-10(2)5-6-12-15(3,20-12)14-13(18-4)11(17)7-8-16(14)9-19-16/h5,7,12-14,17H,6,8-9H2,1-4H3/t12-,13-,14-,15?,16+/m1/s1. The number of aliphatic hydroxyl groups is 1. The van der Waals surface area contributed by atoms with Crippen LogP contribution in [0.1, 0.15) is 33.6 Å². The van der Waals surface area contributed by atoms with E-state index < -0.39 is 0 Å². The lowest BCUT2D eigenvalue weighted by Crippen LogP contribution is -2.48. The largest absolute Gasteiger partial charge is 0.510 e. The molecule has 3 aliphatic rings. The van der Waals surface area contributed by atoms with Crippen molar-refractivity contribution in [3.8, 4) is 0 Å². The number of allylic oxidation sites excluding steroid dienone is 1. The van der Waals surface area contributed by atoms with Gasteiger partial charge >= 0.3 is 0 Å². The molecule has 4 heteroatoms. The van der Waals surface area contributed by atoms with E-state index in [9.17, 15) is 5.11 Å². The van der Waals surface area contributed by atoms with Crippen molar-refractivity contribution >= 4 is 0 Å². The molecule has 2 heterocycles. The molecule has 0 radical (unpaired) electrons. The second-order valence-corrected chi connectivity index (χ2v) is 6.63. The molecule has 3 rings (SSSR count). The first kappa shape index (κ1) is 14.1. The predicted octanol–water partition coefficient (Wildman–Crippen LogP) is 2.75. The molecule has 1 N–H and O–H groups in total. The zero-order valence-corrected chi connectivity index (χ0v) is 12.7. The average molecular weight is 280 g/mol. The number of epoxide rings is 2. The van der Waals surface area contributed by atoms with Crippen molar-refractivity contribution in [1.29, 1.82) is 0 Å². The number of rotatable bonds is 4. The number of methoxy groups -OCH3 is 1. The molecule has 0 aromatic rings. The van der Waals surface area contributed by atoms with E-state index in [1.807, 2.05) is 6.08 Å². The smallest absolute Gasteiger partial charge is 0.122 e. The Morgan fingerprint density at radius 3 is 2.80 bits per heavy atom. The fraction of sp³-hybridized carbons (Fsp3) is 0.750. The third-order valence-electron chi connectivity index (χ3n) is 4.92. The molecule has 20 heavy (non-hydrogen) atoms. The number of hydrogen-bond acceptors (Lipinski definition) is 4. The summed E-state index contributed by atoms with van der Waals surface area (Å²) in [5, 5.41) is 10.1. The van der Waals surface area contributed by atoms with Crippen LogP contribution in [0, 0.1) is 5.92 Å². The summed E-state index contributed by atoms with van der Waals surface area (Å²) in [7, 11) is 1.64. The highest BCUT2D eigenvalue weighted by Crippen LogP contribution is 2.58. The minimum absolute atomic E-state index is 0.0561. The van der Waals surface area contributed by atoms with Gasteiger partial charge in [0.1, 0.15) is 23.1 Å². The van der Waals surface area contributed by atoms with Crippen LogP contribution in [0.2, 0.25) is 0 Å². The van der Waals surface area contributed by atoms with Crippen molar-refractivity contribution in [1.82, 2.24) is 0 Å². The van der Waals surface area contributed by atoms with E-state index >= 15 is 0 Å². The maximum absolute atomic E-state index is 10.1. The molecule has 0 amide bonds. The molecule has 1 spiro atoms. The molecule has 5 atom stereocenters. The Labute approximate surface area is 120 Å². The Morgan fingerprint density at radius 2 is 2.25 bits per heavy atom. The topological polar surface area (TPSA) is 54.5 Å². The second-order valence-electron chi connectivity index (χ2n) is 6.63. The fourth-order valence-electron chi connectivity index (χ4n) is 3.61. The number of ether oxygens (including phenoxy) is 3. The molecular weight excluding hydrogens is 256 g/mol. The third kappa shape index (κ3) is 2.10. The van der Waals surface area contributed by atoms with Crippen LogP contribution in [0.25, 0.3) is 0 Å². The first-order chi connectivity index (χ1) is 9.43. The lowest BCUT2D eigenvalue weighted by molar-refractivity contribution is -0.0294. The summed E-state index contributed by atoms with van der Waals surface area (Å²) in [5.41, 5.74) is 0.835. The van der Waals surface area contributed by atoms with E-state index in [4.69, 9.17) is 14.2 Å². The molecule has 0 aromatic heterocycles. The summed E-state index contributed by atoms with van der Waals surface area (Å²) in [6.07, 6.45) is 5.55. The summed E-state index contributed by atoms with van der Waals surface area (Å²) < 4.78 is 17.3. The summed E-state index contributed by atoms with van der Waals surface area (Å²) in [5.74, 6) is 0.372. The lowest BCUT2D eigenvalue weighted by atomic mass is 9.71. The second kappa shape index (κ2) is 4.58. The average Bonchev–Trinajstić information content (AvgIpc) is 3.29. The van der Waals surface area contributed by atoms with Crippen molar-refractivity contribution in [3.05, 3.63) is 23.5 Å². The normalized spacial score (nSPS) is 46.0. The van der Waals surface area contributed by atoms with Gasteiger partial charge in [0, 0.05) is 13.5 Å². The molecule has 2 fully saturated rings. The van der Waals surface area contributed by atoms with Crippen LogP contribution < -0.4 is 0 Å². The molecule has 4 nitrogen and oxygen atoms in total. The fourth-order valence-corrected chi connectivity index (χ4v) is 3.61. The molecule has 1 aliphatic carbocycles. The van der Waals surface area contributed by atoms with E-state index in [0.29, 0.717) is 5.76 Å². The van der Waals surface area contributed by atoms with Gasteiger partial charge in [0.2, 0.25) is 0 Å². The maximum Gasteiger partial charge on any atom is 0.122 e. The highest BCUT2D eigenvalue weighted by Gasteiger charge is 2.70. The first-order valence-electron chi connectivity index (χ1n) is 7.30. The van der Waals surface area contributed by atoms with Gasteiger partial charge in [-0.2, -0.15) is 0 Å². The molecular formula is C16H24O4. The monoisotopic (exact) mass is 280 g/mol. The van der Waals surface area contributed by atoms with Gasteiger partial charge in [-0.1, -0.05) is 11.6 Å². The van der Waals surface area contributed by atoms with Crippen LogP contribution in [0.3, 0.4) is 0 Å². The Kier molecular flexibility index (Phi) is 3.23. The lowest BCUT2D eigenvalue weighted by Gasteiger charge is -2.36. The van der Waals surface area contributed by atoms with Gasteiger partial charge < -0.3 is 19.3 Å². The maximum atomic E-state index is 10.1. The molecule has 2 aliphatic heterocycles. The van der Waals surface area contributed by atoms with Crippen molar-refractivity contribution in [3.63, 3.8) is 0 Å². The van der Waals surface area contributed by atoms with Crippen LogP contribution in [-0.2, 0) is 14.2 Å². The zero-order chi connectivity index (χ0) is 14.5. The number of aliphatic hydroxyl groups excluding tert-OH is 1. The molecule has 0 saturated carbocycles. The van der Waals surface area contributed by atoms with Crippen LogP contribution in [0.4, 0.5) is 0 Å². The Morgan fingerprint density at radius 1 is 1.55 bits per heavy atom. The van der Waals surface area contributed by atoms with Gasteiger partial charge in [0.05, 0.1) is 18.6 Å². The van der Waals surface area contributed by atoms with Gasteiger partial charge in [-0.15, -0.1) is 0 Å². The first-order valence-corrected chi connectivity index (χ1v) is 7.30. The molecule has 2 saturated heterocycles. The van der Waals surface area contributed by atoms with E-state index in [0.717, 1.165) is 19.4 Å². The van der Waals surface area contributed by atoms with Gasteiger partial charge in [-0.05, 0) is 33.3 Å². The zero-order valence-electron chi connectivity index (χ0n) is 12.7. The van der Waals surface area contributed by atoms with Gasteiger partial charge in [-0.3, -0.25) is 0 Å². The van der Waals surface area contributed by atoms with Crippen molar-refractivity contribution in [2.24, 2.45) is 5.92 Å². The van der Waals surface area contributed by atoms with Crippen LogP contribution in [0.5, 0.6) is 0 Å². The summed E-state index contributed by atoms with van der Waals surface area (Å²) in [4.78, 5) is 0. The Balaban J connectivity index is 1.81. The highest BCUT2D eigenvalue weighted by atomic mass is 16.6. The highest BCUT2D eigenvalue weighted by molar-refractivity contribution is 5.26. The molecule has 0 bridgehead atoms. The van der Waals surface area contributed by atoms with Crippen LogP contribution in [-0.4, -0.2) is 42.2 Å². The Hall–Kier alpha value is -0.840. The van der Waals surface area contributed by atoms with E-state index in [1.165, 1.54) is 5.57 Å². The van der Waals surface area contributed by atoms with Gasteiger partial charge in [0.15, 0.2) is 0 Å². The van der Waals surface area contributed by atoms with Crippen molar-refractivity contribution in [2.75, 3.05) is 13.7 Å². The van der Waals surface area contributed by atoms with Crippen molar-refractivity contribution < 1.29 is 19.3 Å². The van der Waals surface area contributed by atoms with Gasteiger partial charge in [-0.25, -0.2) is 0 Å². The SMILES string of the molecule is CO[C@@H]1C(O)=CC[C@]2(CO2)[C@H]1C1(C)O[C@@H]1CC=C(C)C. The summed E-state index contributed by atoms with van der Waals surface area (Å²) in [6.45, 7) is 7.04. The van der Waals surface area contributed by atoms with Crippen molar-refractivity contribution in [2.45, 2.75) is 57.0 Å². The number of hydrogen-bond donors (Lipinski definition) is 1. The minimum atomic E-state index is -0.326. The van der Waals surface area contributed by atoms with E-state index in [1.54, 1.807) is 7.11 Å². The molecule has 112 valence electrons. The van der Waals surface area contributed by atoms with Crippen LogP contribution in [0.15, 0.2) is 23.5 Å². The quantitative estimate of drug-likeness (QED) is 0.635. The molecule has 1 unspecified atom stereocenters.